The molecule has 2 rings (SSSR count). The number of nitrogens with one attached hydrogen (secondary N) is 1. The van der Waals surface area contributed by atoms with Gasteiger partial charge in [0, 0.05) is 18.6 Å². The van der Waals surface area contributed by atoms with Gasteiger partial charge >= 0.3 is 5.97 Å². The van der Waals surface area contributed by atoms with Crippen LogP contribution in [0.5, 0.6) is 0 Å². The highest BCUT2D eigenvalue weighted by Crippen LogP contribution is 2.26. The number of likely N-dealkylation sites (N-methyl/N-ethyl adjacent to an activating group) is 1. The highest BCUT2D eigenvalue weighted by molar-refractivity contribution is 5.75. The van der Waals surface area contributed by atoms with E-state index < -0.39 is 12.0 Å². The second-order valence-corrected chi connectivity index (χ2v) is 5.34. The number of nitrogens with zero attached hydrogens (tertiary/aromatic N) is 1. The zero-order valence-electron chi connectivity index (χ0n) is 11.5. The number of aliphatic carboxylic acids is 1. The van der Waals surface area contributed by atoms with Crippen LogP contribution < -0.4 is 5.32 Å². The number of carboxylic acid groups (broad SMARTS) is 1. The van der Waals surface area contributed by atoms with Crippen molar-refractivity contribution < 1.29 is 9.90 Å². The van der Waals surface area contributed by atoms with Gasteiger partial charge in [-0.15, -0.1) is 0 Å². The first-order valence-corrected chi connectivity index (χ1v) is 6.82. The molecule has 4 nitrogen and oxygen atoms in total. The molecule has 104 valence electrons. The smallest absolute Gasteiger partial charge is 0.325 e. The van der Waals surface area contributed by atoms with E-state index in [9.17, 15) is 9.90 Å². The number of hydrogen-bond donors (Lipinski definition) is 2. The first-order chi connectivity index (χ1) is 9.09. The van der Waals surface area contributed by atoms with Gasteiger partial charge in [-0.25, -0.2) is 0 Å². The number of carboxylic acids is 1. The molecule has 0 saturated heterocycles. The van der Waals surface area contributed by atoms with Crippen molar-refractivity contribution in [1.82, 2.24) is 10.2 Å². The van der Waals surface area contributed by atoms with Crippen LogP contribution in [0, 0.1) is 0 Å². The van der Waals surface area contributed by atoms with Gasteiger partial charge in [-0.1, -0.05) is 30.3 Å². The molecule has 0 radical (unpaired) electrons. The van der Waals surface area contributed by atoms with Crippen molar-refractivity contribution in [1.29, 1.82) is 0 Å². The van der Waals surface area contributed by atoms with Crippen molar-refractivity contribution in [2.24, 2.45) is 0 Å². The lowest BCUT2D eigenvalue weighted by Gasteiger charge is -2.26. The molecule has 1 aromatic rings. The summed E-state index contributed by atoms with van der Waals surface area (Å²) >= 11 is 0. The zero-order chi connectivity index (χ0) is 13.8. The summed E-state index contributed by atoms with van der Waals surface area (Å²) < 4.78 is 0. The molecular weight excluding hydrogens is 240 g/mol. The third-order valence-electron chi connectivity index (χ3n) is 3.82. The maximum atomic E-state index is 11.4. The largest absolute Gasteiger partial charge is 0.480 e. The highest BCUT2D eigenvalue weighted by atomic mass is 16.4. The van der Waals surface area contributed by atoms with Gasteiger partial charge in [-0.3, -0.25) is 15.0 Å². The summed E-state index contributed by atoms with van der Waals surface area (Å²) in [5.74, 6) is -0.826. The fourth-order valence-corrected chi connectivity index (χ4v) is 2.27. The zero-order valence-corrected chi connectivity index (χ0v) is 11.5. The Hall–Kier alpha value is -1.39. The number of benzene rings is 1. The molecule has 1 fully saturated rings. The van der Waals surface area contributed by atoms with Crippen LogP contribution in [0.2, 0.25) is 0 Å². The van der Waals surface area contributed by atoms with Crippen LogP contribution in [0.15, 0.2) is 30.3 Å². The summed E-state index contributed by atoms with van der Waals surface area (Å²) in [6.45, 7) is 2.81. The molecule has 0 aliphatic heterocycles. The van der Waals surface area contributed by atoms with Crippen molar-refractivity contribution >= 4 is 5.97 Å². The van der Waals surface area contributed by atoms with Gasteiger partial charge in [0.2, 0.25) is 0 Å². The van der Waals surface area contributed by atoms with Gasteiger partial charge in [0.1, 0.15) is 6.04 Å². The van der Waals surface area contributed by atoms with E-state index in [0.29, 0.717) is 18.6 Å². The minimum Gasteiger partial charge on any atom is -0.480 e. The van der Waals surface area contributed by atoms with Crippen molar-refractivity contribution in [2.45, 2.75) is 37.9 Å². The molecule has 0 aromatic heterocycles. The molecule has 2 N–H and O–H groups in total. The third kappa shape index (κ3) is 3.78. The maximum absolute atomic E-state index is 11.4. The van der Waals surface area contributed by atoms with Crippen LogP contribution >= 0.6 is 0 Å². The second kappa shape index (κ2) is 6.17. The maximum Gasteiger partial charge on any atom is 0.325 e. The Morgan fingerprint density at radius 2 is 2.05 bits per heavy atom. The quantitative estimate of drug-likeness (QED) is 0.788. The fourth-order valence-electron chi connectivity index (χ4n) is 2.27. The minimum atomic E-state index is -0.826. The van der Waals surface area contributed by atoms with Gasteiger partial charge in [0.25, 0.3) is 0 Å². The predicted octanol–water partition coefficient (Wildman–Crippen LogP) is 1.88. The van der Waals surface area contributed by atoms with E-state index >= 15 is 0 Å². The molecule has 1 aliphatic rings. The summed E-state index contributed by atoms with van der Waals surface area (Å²) in [7, 11) is 2.11. The highest BCUT2D eigenvalue weighted by Gasteiger charge is 2.29. The molecule has 0 heterocycles. The lowest BCUT2D eigenvalue weighted by Crippen LogP contribution is -2.41. The first kappa shape index (κ1) is 14.0. The molecular formula is C15H22N2O2. The number of carbonyl (C=O) groups is 1. The Bertz CT molecular complexity index is 417. The summed E-state index contributed by atoms with van der Waals surface area (Å²) in [6, 6.07) is 9.74. The molecule has 1 saturated carbocycles. The lowest BCUT2D eigenvalue weighted by molar-refractivity contribution is -0.139. The van der Waals surface area contributed by atoms with Crippen LogP contribution in [0.1, 0.15) is 31.4 Å². The van der Waals surface area contributed by atoms with Gasteiger partial charge in [0.05, 0.1) is 0 Å². The fraction of sp³-hybridized carbons (Fsp3) is 0.533. The SMILES string of the molecule is CC(CNC(C(=O)O)c1ccccc1)N(C)C1CC1. The summed E-state index contributed by atoms with van der Waals surface area (Å²) in [5, 5.41) is 12.5. The van der Waals surface area contributed by atoms with Crippen LogP contribution in [-0.4, -0.2) is 41.7 Å². The van der Waals surface area contributed by atoms with Gasteiger partial charge in [-0.2, -0.15) is 0 Å². The van der Waals surface area contributed by atoms with E-state index in [1.165, 1.54) is 12.8 Å². The van der Waals surface area contributed by atoms with Gasteiger partial charge in [0.15, 0.2) is 0 Å². The lowest BCUT2D eigenvalue weighted by atomic mass is 10.1. The Labute approximate surface area is 114 Å². The molecule has 2 unspecified atom stereocenters. The molecule has 1 aliphatic carbocycles. The van der Waals surface area contributed by atoms with Crippen molar-refractivity contribution in [2.75, 3.05) is 13.6 Å². The van der Waals surface area contributed by atoms with E-state index in [2.05, 4.69) is 24.2 Å². The van der Waals surface area contributed by atoms with Crippen LogP contribution in [0.3, 0.4) is 0 Å². The Morgan fingerprint density at radius 3 is 2.58 bits per heavy atom. The molecule has 0 spiro atoms. The molecule has 2 atom stereocenters. The average molecular weight is 262 g/mol. The molecule has 0 bridgehead atoms. The summed E-state index contributed by atoms with van der Waals surface area (Å²) in [5.41, 5.74) is 0.802. The van der Waals surface area contributed by atoms with Crippen molar-refractivity contribution in [3.63, 3.8) is 0 Å². The third-order valence-corrected chi connectivity index (χ3v) is 3.82. The van der Waals surface area contributed by atoms with E-state index in [1.807, 2.05) is 30.3 Å². The normalized spacial score (nSPS) is 18.3. The van der Waals surface area contributed by atoms with Crippen LogP contribution in [-0.2, 0) is 4.79 Å². The van der Waals surface area contributed by atoms with Crippen molar-refractivity contribution in [3.05, 3.63) is 35.9 Å². The Morgan fingerprint density at radius 1 is 1.42 bits per heavy atom. The summed E-state index contributed by atoms with van der Waals surface area (Å²) in [6.07, 6.45) is 2.53. The minimum absolute atomic E-state index is 0.345. The van der Waals surface area contributed by atoms with E-state index in [1.54, 1.807) is 0 Å². The molecule has 0 amide bonds. The van der Waals surface area contributed by atoms with Gasteiger partial charge in [-0.05, 0) is 32.4 Å². The van der Waals surface area contributed by atoms with Crippen LogP contribution in [0.25, 0.3) is 0 Å². The number of rotatable bonds is 7. The Balaban J connectivity index is 1.92. The monoisotopic (exact) mass is 262 g/mol. The molecule has 19 heavy (non-hydrogen) atoms. The standard InChI is InChI=1S/C15H22N2O2/c1-11(17(2)13-8-9-13)10-16-14(15(18)19)12-6-4-3-5-7-12/h3-7,11,13-14,16H,8-10H2,1-2H3,(H,18,19). The predicted molar refractivity (Wildman–Crippen MR) is 75.1 cm³/mol. The van der Waals surface area contributed by atoms with E-state index in [-0.39, 0.29) is 0 Å². The summed E-state index contributed by atoms with van der Waals surface area (Å²) in [4.78, 5) is 13.7. The van der Waals surface area contributed by atoms with Crippen LogP contribution in [0.4, 0.5) is 0 Å². The topological polar surface area (TPSA) is 52.6 Å². The van der Waals surface area contributed by atoms with E-state index in [0.717, 1.165) is 5.56 Å². The molecule has 4 heteroatoms. The van der Waals surface area contributed by atoms with E-state index in [4.69, 9.17) is 0 Å². The average Bonchev–Trinajstić information content (AvgIpc) is 3.23. The Kier molecular flexibility index (Phi) is 4.56. The van der Waals surface area contributed by atoms with Gasteiger partial charge < -0.3 is 5.11 Å². The second-order valence-electron chi connectivity index (χ2n) is 5.34. The molecule has 1 aromatic carbocycles. The first-order valence-electron chi connectivity index (χ1n) is 6.82. The van der Waals surface area contributed by atoms with Crippen molar-refractivity contribution in [3.8, 4) is 0 Å². The number of hydrogen-bond acceptors (Lipinski definition) is 3.